The molecule has 0 radical (unpaired) electrons. The molecular weight excluding hydrogens is 396 g/mol. The topological polar surface area (TPSA) is 41.4 Å². The van der Waals surface area contributed by atoms with Crippen molar-refractivity contribution in [2.75, 3.05) is 20.1 Å². The second kappa shape index (κ2) is 8.70. The molecule has 1 aromatic heterocycles. The Balaban J connectivity index is 1.31. The number of piperidine rings is 1. The van der Waals surface area contributed by atoms with Gasteiger partial charge in [-0.05, 0) is 75.4 Å². The van der Waals surface area contributed by atoms with E-state index in [2.05, 4.69) is 28.5 Å². The number of rotatable bonds is 4. The van der Waals surface area contributed by atoms with Gasteiger partial charge in [-0.3, -0.25) is 9.36 Å². The highest BCUT2D eigenvalue weighted by atomic mass is 16.2. The van der Waals surface area contributed by atoms with Crippen LogP contribution in [0.2, 0.25) is 0 Å². The van der Waals surface area contributed by atoms with Crippen LogP contribution in [0.4, 0.5) is 0 Å². The van der Waals surface area contributed by atoms with Gasteiger partial charge in [0, 0.05) is 37.8 Å². The Kier molecular flexibility index (Phi) is 5.76. The molecule has 5 nitrogen and oxygen atoms in total. The zero-order valence-corrected chi connectivity index (χ0v) is 19.6. The van der Waals surface area contributed by atoms with E-state index in [9.17, 15) is 4.79 Å². The molecule has 1 aliphatic carbocycles. The van der Waals surface area contributed by atoms with Gasteiger partial charge in [0.1, 0.15) is 5.82 Å². The van der Waals surface area contributed by atoms with Gasteiger partial charge in [-0.25, -0.2) is 4.98 Å². The van der Waals surface area contributed by atoms with Crippen molar-refractivity contribution in [3.05, 3.63) is 59.4 Å². The molecule has 1 saturated carbocycles. The van der Waals surface area contributed by atoms with Gasteiger partial charge in [0.15, 0.2) is 0 Å². The van der Waals surface area contributed by atoms with E-state index in [-0.39, 0.29) is 5.91 Å². The lowest BCUT2D eigenvalue weighted by molar-refractivity contribution is 0.0598. The molecule has 5 heteroatoms. The van der Waals surface area contributed by atoms with Gasteiger partial charge in [0.2, 0.25) is 0 Å². The van der Waals surface area contributed by atoms with Gasteiger partial charge in [0.25, 0.3) is 5.91 Å². The molecule has 5 rings (SSSR count). The summed E-state index contributed by atoms with van der Waals surface area (Å²) in [4.78, 5) is 22.6. The maximum Gasteiger partial charge on any atom is 0.253 e. The van der Waals surface area contributed by atoms with E-state index in [1.165, 1.54) is 25.7 Å². The zero-order chi connectivity index (χ0) is 22.2. The first-order valence-electron chi connectivity index (χ1n) is 12.1. The molecular formula is C27H34N4O. The maximum absolute atomic E-state index is 13.3. The molecule has 32 heavy (non-hydrogen) atoms. The fourth-order valence-corrected chi connectivity index (χ4v) is 5.77. The molecule has 3 aromatic rings. The minimum absolute atomic E-state index is 0.131. The number of imidazole rings is 1. The summed E-state index contributed by atoms with van der Waals surface area (Å²) in [6, 6.07) is 15.4. The second-order valence-electron chi connectivity index (χ2n) is 9.61. The number of hydrogen-bond acceptors (Lipinski definition) is 3. The van der Waals surface area contributed by atoms with E-state index in [1.807, 2.05) is 49.2 Å². The number of carbonyl (C=O) groups is 1. The summed E-state index contributed by atoms with van der Waals surface area (Å²) in [5.41, 5.74) is 5.03. The van der Waals surface area contributed by atoms with Crippen molar-refractivity contribution < 1.29 is 4.79 Å². The summed E-state index contributed by atoms with van der Waals surface area (Å²) in [5, 5.41) is 0. The SMILES string of the molecule is Cc1cc(C(=O)N(C)C2CCN(C3CCCC3)CC2)ccc1-n1c(C)nc2ccccc21. The summed E-state index contributed by atoms with van der Waals surface area (Å²) < 4.78 is 2.18. The number of aryl methyl sites for hydroxylation is 2. The van der Waals surface area contributed by atoms with Crippen LogP contribution in [0.5, 0.6) is 0 Å². The molecule has 2 heterocycles. The van der Waals surface area contributed by atoms with Crippen LogP contribution in [-0.4, -0.2) is 57.5 Å². The number of likely N-dealkylation sites (tertiary alicyclic amines) is 1. The summed E-state index contributed by atoms with van der Waals surface area (Å²) in [7, 11) is 1.98. The van der Waals surface area contributed by atoms with E-state index in [1.54, 1.807) is 0 Å². The minimum Gasteiger partial charge on any atom is -0.339 e. The van der Waals surface area contributed by atoms with Crippen molar-refractivity contribution in [1.82, 2.24) is 19.4 Å². The zero-order valence-electron chi connectivity index (χ0n) is 19.6. The van der Waals surface area contributed by atoms with Crippen LogP contribution in [0.25, 0.3) is 16.7 Å². The minimum atomic E-state index is 0.131. The van der Waals surface area contributed by atoms with Crippen molar-refractivity contribution in [3.63, 3.8) is 0 Å². The smallest absolute Gasteiger partial charge is 0.253 e. The number of para-hydroxylation sites is 2. The Morgan fingerprint density at radius 1 is 1.00 bits per heavy atom. The Hall–Kier alpha value is -2.66. The molecule has 2 aromatic carbocycles. The van der Waals surface area contributed by atoms with Crippen LogP contribution in [0.3, 0.4) is 0 Å². The predicted molar refractivity (Wildman–Crippen MR) is 129 cm³/mol. The summed E-state index contributed by atoms with van der Waals surface area (Å²) in [6.45, 7) is 6.36. The van der Waals surface area contributed by atoms with E-state index >= 15 is 0 Å². The third-order valence-electron chi connectivity index (χ3n) is 7.62. The van der Waals surface area contributed by atoms with E-state index in [0.717, 1.165) is 65.6 Å². The molecule has 0 spiro atoms. The monoisotopic (exact) mass is 430 g/mol. The van der Waals surface area contributed by atoms with Gasteiger partial charge in [-0.15, -0.1) is 0 Å². The molecule has 1 aliphatic heterocycles. The van der Waals surface area contributed by atoms with E-state index < -0.39 is 0 Å². The summed E-state index contributed by atoms with van der Waals surface area (Å²) in [6.07, 6.45) is 7.64. The number of hydrogen-bond donors (Lipinski definition) is 0. The van der Waals surface area contributed by atoms with Crippen LogP contribution < -0.4 is 0 Å². The Bertz CT molecular complexity index is 1120. The number of aromatic nitrogens is 2. The quantitative estimate of drug-likeness (QED) is 0.577. The van der Waals surface area contributed by atoms with Crippen molar-refractivity contribution in [1.29, 1.82) is 0 Å². The molecule has 168 valence electrons. The lowest BCUT2D eigenvalue weighted by Crippen LogP contribution is -2.48. The number of fused-ring (bicyclic) bond motifs is 1. The van der Waals surface area contributed by atoms with Crippen LogP contribution in [-0.2, 0) is 0 Å². The predicted octanol–water partition coefficient (Wildman–Crippen LogP) is 5.12. The van der Waals surface area contributed by atoms with Crippen LogP contribution in [0.1, 0.15) is 60.3 Å². The van der Waals surface area contributed by atoms with Crippen molar-refractivity contribution in [3.8, 4) is 5.69 Å². The normalized spacial score (nSPS) is 18.5. The highest BCUT2D eigenvalue weighted by Crippen LogP contribution is 2.28. The van der Waals surface area contributed by atoms with Crippen molar-refractivity contribution in [2.24, 2.45) is 0 Å². The Labute approximate surface area is 191 Å². The lowest BCUT2D eigenvalue weighted by atomic mass is 10.00. The molecule has 0 bridgehead atoms. The van der Waals surface area contributed by atoms with E-state index in [0.29, 0.717) is 6.04 Å². The Morgan fingerprint density at radius 3 is 2.44 bits per heavy atom. The number of benzene rings is 2. The van der Waals surface area contributed by atoms with Gasteiger partial charge in [-0.1, -0.05) is 25.0 Å². The molecule has 2 fully saturated rings. The number of carbonyl (C=O) groups excluding carboxylic acids is 1. The molecule has 0 atom stereocenters. The molecule has 1 saturated heterocycles. The molecule has 1 amide bonds. The third kappa shape index (κ3) is 3.83. The standard InChI is InChI=1S/C27H34N4O/c1-19-18-21(12-13-25(19)31-20(2)28-24-10-6-7-11-26(24)31)27(32)29(3)22-14-16-30(17-15-22)23-8-4-5-9-23/h6-7,10-13,18,22-23H,4-5,8-9,14-17H2,1-3H3. The van der Waals surface area contributed by atoms with Crippen molar-refractivity contribution in [2.45, 2.75) is 64.5 Å². The highest BCUT2D eigenvalue weighted by Gasteiger charge is 2.30. The largest absolute Gasteiger partial charge is 0.339 e. The number of amides is 1. The van der Waals surface area contributed by atoms with Crippen molar-refractivity contribution >= 4 is 16.9 Å². The average Bonchev–Trinajstić information content (AvgIpc) is 3.46. The second-order valence-corrected chi connectivity index (χ2v) is 9.61. The van der Waals surface area contributed by atoms with Gasteiger partial charge >= 0.3 is 0 Å². The lowest BCUT2D eigenvalue weighted by Gasteiger charge is -2.39. The first kappa shape index (κ1) is 21.2. The fourth-order valence-electron chi connectivity index (χ4n) is 5.77. The van der Waals surface area contributed by atoms with Gasteiger partial charge in [-0.2, -0.15) is 0 Å². The molecule has 2 aliphatic rings. The first-order chi connectivity index (χ1) is 15.5. The summed E-state index contributed by atoms with van der Waals surface area (Å²) in [5.74, 6) is 1.09. The molecule has 0 N–H and O–H groups in total. The maximum atomic E-state index is 13.3. The molecule has 0 unspecified atom stereocenters. The average molecular weight is 431 g/mol. The van der Waals surface area contributed by atoms with E-state index in [4.69, 9.17) is 4.98 Å². The highest BCUT2D eigenvalue weighted by molar-refractivity contribution is 5.95. The van der Waals surface area contributed by atoms with Crippen LogP contribution in [0.15, 0.2) is 42.5 Å². The van der Waals surface area contributed by atoms with Gasteiger partial charge < -0.3 is 9.80 Å². The van der Waals surface area contributed by atoms with Gasteiger partial charge in [0.05, 0.1) is 16.7 Å². The Morgan fingerprint density at radius 2 is 1.72 bits per heavy atom. The third-order valence-corrected chi connectivity index (χ3v) is 7.62. The first-order valence-corrected chi connectivity index (χ1v) is 12.1. The number of nitrogens with zero attached hydrogens (tertiary/aromatic N) is 4. The summed E-state index contributed by atoms with van der Waals surface area (Å²) >= 11 is 0. The fraction of sp³-hybridized carbons (Fsp3) is 0.481. The van der Waals surface area contributed by atoms with Crippen LogP contribution >= 0.6 is 0 Å². The van der Waals surface area contributed by atoms with Crippen LogP contribution in [0, 0.1) is 13.8 Å².